The first-order valence-corrected chi connectivity index (χ1v) is 4.36. The molecule has 0 aliphatic rings. The largest absolute Gasteiger partial charge is 0.469 e. The van der Waals surface area contributed by atoms with Crippen molar-refractivity contribution < 1.29 is 9.53 Å². The van der Waals surface area contributed by atoms with Crippen molar-refractivity contribution >= 4 is 5.97 Å². The van der Waals surface area contributed by atoms with E-state index < -0.39 is 0 Å². The molecular formula is C12H12O2. The zero-order valence-electron chi connectivity index (χ0n) is 8.07. The van der Waals surface area contributed by atoms with Gasteiger partial charge in [-0.2, -0.15) is 0 Å². The van der Waals surface area contributed by atoms with E-state index >= 15 is 0 Å². The number of hydrogen-bond acceptors (Lipinski definition) is 2. The Hall–Kier alpha value is -1.75. The molecule has 0 aliphatic heterocycles. The van der Waals surface area contributed by atoms with Gasteiger partial charge in [0.05, 0.1) is 13.0 Å². The van der Waals surface area contributed by atoms with E-state index in [0.717, 1.165) is 5.56 Å². The molecule has 0 N–H and O–H groups in total. The second-order valence-corrected chi connectivity index (χ2v) is 2.89. The van der Waals surface area contributed by atoms with Gasteiger partial charge in [0.25, 0.3) is 0 Å². The van der Waals surface area contributed by atoms with Crippen LogP contribution in [0.4, 0.5) is 0 Å². The van der Waals surface area contributed by atoms with Gasteiger partial charge < -0.3 is 4.74 Å². The summed E-state index contributed by atoms with van der Waals surface area (Å²) in [5.41, 5.74) is 0.900. The van der Waals surface area contributed by atoms with Gasteiger partial charge in [-0.1, -0.05) is 30.3 Å². The van der Waals surface area contributed by atoms with Gasteiger partial charge >= 0.3 is 5.97 Å². The Morgan fingerprint density at radius 3 is 2.64 bits per heavy atom. The summed E-state index contributed by atoms with van der Waals surface area (Å²) in [6.45, 7) is 0. The predicted octanol–water partition coefficient (Wildman–Crippen LogP) is 1.97. The molecule has 1 aromatic carbocycles. The fraction of sp³-hybridized carbons (Fsp3) is 0.250. The molecule has 2 nitrogen and oxygen atoms in total. The van der Waals surface area contributed by atoms with E-state index in [1.807, 2.05) is 30.3 Å². The number of rotatable bonds is 3. The van der Waals surface area contributed by atoms with E-state index in [4.69, 9.17) is 6.42 Å². The zero-order valence-corrected chi connectivity index (χ0v) is 8.07. The highest BCUT2D eigenvalue weighted by molar-refractivity contribution is 5.78. The zero-order chi connectivity index (χ0) is 10.4. The maximum atomic E-state index is 11.4. The molecule has 1 unspecified atom stereocenters. The van der Waals surface area contributed by atoms with Gasteiger partial charge in [-0.05, 0) is 5.56 Å². The summed E-state index contributed by atoms with van der Waals surface area (Å²) >= 11 is 0. The second kappa shape index (κ2) is 5.08. The molecule has 0 saturated carbocycles. The van der Waals surface area contributed by atoms with Gasteiger partial charge in [0.2, 0.25) is 0 Å². The molecule has 0 radical (unpaired) electrons. The number of ether oxygens (including phenoxy) is 1. The summed E-state index contributed by atoms with van der Waals surface area (Å²) in [6, 6.07) is 9.40. The lowest BCUT2D eigenvalue weighted by molar-refractivity contribution is -0.142. The Kier molecular flexibility index (Phi) is 3.75. The van der Waals surface area contributed by atoms with E-state index in [-0.39, 0.29) is 11.9 Å². The number of esters is 1. The SMILES string of the molecule is C#CCC(C(=O)OC)c1ccccc1. The first kappa shape index (κ1) is 10.3. The monoisotopic (exact) mass is 188 g/mol. The quantitative estimate of drug-likeness (QED) is 0.535. The highest BCUT2D eigenvalue weighted by Gasteiger charge is 2.19. The molecule has 0 aromatic heterocycles. The number of methoxy groups -OCH3 is 1. The molecule has 0 spiro atoms. The third kappa shape index (κ3) is 2.37. The number of benzene rings is 1. The van der Waals surface area contributed by atoms with Gasteiger partial charge in [0.1, 0.15) is 0 Å². The molecule has 0 aliphatic carbocycles. The van der Waals surface area contributed by atoms with Crippen molar-refractivity contribution in [3.8, 4) is 12.3 Å². The van der Waals surface area contributed by atoms with Crippen LogP contribution >= 0.6 is 0 Å². The van der Waals surface area contributed by atoms with Crippen molar-refractivity contribution in [2.75, 3.05) is 7.11 Å². The lowest BCUT2D eigenvalue weighted by Crippen LogP contribution is -2.13. The summed E-state index contributed by atoms with van der Waals surface area (Å²) < 4.78 is 4.68. The Morgan fingerprint density at radius 1 is 1.50 bits per heavy atom. The molecule has 0 amide bonds. The van der Waals surface area contributed by atoms with E-state index in [9.17, 15) is 4.79 Å². The van der Waals surface area contributed by atoms with Gasteiger partial charge in [-0.15, -0.1) is 12.3 Å². The van der Waals surface area contributed by atoms with Crippen LogP contribution in [-0.2, 0) is 9.53 Å². The minimum atomic E-state index is -0.341. The molecule has 2 heteroatoms. The van der Waals surface area contributed by atoms with Crippen LogP contribution in [0.15, 0.2) is 30.3 Å². The molecule has 1 aromatic rings. The average molecular weight is 188 g/mol. The van der Waals surface area contributed by atoms with Crippen LogP contribution in [0.25, 0.3) is 0 Å². The van der Waals surface area contributed by atoms with Crippen molar-refractivity contribution in [2.45, 2.75) is 12.3 Å². The van der Waals surface area contributed by atoms with Crippen molar-refractivity contribution in [1.82, 2.24) is 0 Å². The third-order valence-corrected chi connectivity index (χ3v) is 2.01. The molecule has 1 rings (SSSR count). The fourth-order valence-corrected chi connectivity index (χ4v) is 1.28. The molecule has 0 saturated heterocycles. The lowest BCUT2D eigenvalue weighted by Gasteiger charge is -2.11. The summed E-state index contributed by atoms with van der Waals surface area (Å²) in [7, 11) is 1.37. The lowest BCUT2D eigenvalue weighted by atomic mass is 9.96. The molecule has 72 valence electrons. The fourth-order valence-electron chi connectivity index (χ4n) is 1.28. The number of terminal acetylenes is 1. The van der Waals surface area contributed by atoms with Crippen molar-refractivity contribution in [3.63, 3.8) is 0 Å². The third-order valence-electron chi connectivity index (χ3n) is 2.01. The number of carbonyl (C=O) groups excluding carboxylic acids is 1. The highest BCUT2D eigenvalue weighted by atomic mass is 16.5. The molecular weight excluding hydrogens is 176 g/mol. The van der Waals surface area contributed by atoms with E-state index in [0.29, 0.717) is 6.42 Å². The van der Waals surface area contributed by atoms with Gasteiger partial charge in [-0.3, -0.25) is 4.79 Å². The maximum absolute atomic E-state index is 11.4. The van der Waals surface area contributed by atoms with Crippen LogP contribution in [0.5, 0.6) is 0 Å². The van der Waals surface area contributed by atoms with Crippen LogP contribution in [0.2, 0.25) is 0 Å². The number of hydrogen-bond donors (Lipinski definition) is 0. The summed E-state index contributed by atoms with van der Waals surface area (Å²) in [5.74, 6) is 1.86. The molecule has 0 heterocycles. The van der Waals surface area contributed by atoms with E-state index in [2.05, 4.69) is 10.7 Å². The van der Waals surface area contributed by atoms with Crippen LogP contribution in [-0.4, -0.2) is 13.1 Å². The van der Waals surface area contributed by atoms with Gasteiger partial charge in [0.15, 0.2) is 0 Å². The van der Waals surface area contributed by atoms with Gasteiger partial charge in [-0.25, -0.2) is 0 Å². The van der Waals surface area contributed by atoms with E-state index in [1.54, 1.807) is 0 Å². The average Bonchev–Trinajstić information content (AvgIpc) is 2.26. The number of carbonyl (C=O) groups is 1. The first-order chi connectivity index (χ1) is 6.79. The van der Waals surface area contributed by atoms with Crippen molar-refractivity contribution in [1.29, 1.82) is 0 Å². The van der Waals surface area contributed by atoms with Crippen LogP contribution in [0.3, 0.4) is 0 Å². The Morgan fingerprint density at radius 2 is 2.14 bits per heavy atom. The standard InChI is InChI=1S/C12H12O2/c1-3-7-11(12(13)14-2)10-8-5-4-6-9-10/h1,4-6,8-9,11H,7H2,2H3. The predicted molar refractivity (Wildman–Crippen MR) is 54.6 cm³/mol. The molecule has 1 atom stereocenters. The van der Waals surface area contributed by atoms with Crippen LogP contribution < -0.4 is 0 Å². The molecule has 0 bridgehead atoms. The van der Waals surface area contributed by atoms with Crippen molar-refractivity contribution in [3.05, 3.63) is 35.9 Å². The smallest absolute Gasteiger partial charge is 0.314 e. The minimum absolute atomic E-state index is 0.283. The van der Waals surface area contributed by atoms with Crippen LogP contribution in [0.1, 0.15) is 17.9 Å². The van der Waals surface area contributed by atoms with Gasteiger partial charge in [0, 0.05) is 6.42 Å². The Labute approximate surface area is 83.9 Å². The summed E-state index contributed by atoms with van der Waals surface area (Å²) in [5, 5.41) is 0. The Balaban J connectivity index is 2.90. The van der Waals surface area contributed by atoms with Crippen LogP contribution in [0, 0.1) is 12.3 Å². The summed E-state index contributed by atoms with van der Waals surface area (Å²) in [6.07, 6.45) is 5.57. The second-order valence-electron chi connectivity index (χ2n) is 2.89. The first-order valence-electron chi connectivity index (χ1n) is 4.36. The molecule has 0 fully saturated rings. The normalized spacial score (nSPS) is 11.4. The Bertz CT molecular complexity index is 335. The minimum Gasteiger partial charge on any atom is -0.469 e. The van der Waals surface area contributed by atoms with Crippen molar-refractivity contribution in [2.24, 2.45) is 0 Å². The molecule has 14 heavy (non-hydrogen) atoms. The summed E-state index contributed by atoms with van der Waals surface area (Å²) in [4.78, 5) is 11.4. The maximum Gasteiger partial charge on any atom is 0.314 e. The highest BCUT2D eigenvalue weighted by Crippen LogP contribution is 2.20. The topological polar surface area (TPSA) is 26.3 Å². The van der Waals surface area contributed by atoms with E-state index in [1.165, 1.54) is 7.11 Å².